The molecule has 0 spiro atoms. The van der Waals surface area contributed by atoms with Gasteiger partial charge in [-0.15, -0.1) is 0 Å². The molecule has 1 heterocycles. The second-order valence-electron chi connectivity index (χ2n) is 4.96. The van der Waals surface area contributed by atoms with Gasteiger partial charge in [-0.3, -0.25) is 0 Å². The van der Waals surface area contributed by atoms with Crippen molar-refractivity contribution in [3.63, 3.8) is 0 Å². The Hall–Kier alpha value is -0.820. The minimum Gasteiger partial charge on any atom is -0.397 e. The monoisotopic (exact) mass is 318 g/mol. The molecule has 3 N–H and O–H groups in total. The highest BCUT2D eigenvalue weighted by Crippen LogP contribution is 2.29. The Morgan fingerprint density at radius 3 is 2.80 bits per heavy atom. The molecule has 0 amide bonds. The summed E-state index contributed by atoms with van der Waals surface area (Å²) in [6.45, 7) is 0.467. The Bertz CT molecular complexity index is 575. The van der Waals surface area contributed by atoms with Crippen molar-refractivity contribution in [2.45, 2.75) is 36.6 Å². The number of nitrogens with two attached hydrogens (primary N) is 1. The van der Waals surface area contributed by atoms with Gasteiger partial charge in [0, 0.05) is 19.2 Å². The maximum atomic E-state index is 12.7. The van der Waals surface area contributed by atoms with Crippen LogP contribution in [0.15, 0.2) is 23.1 Å². The number of nitrogens with zero attached hydrogens (tertiary/aromatic N) is 1. The molecule has 0 aliphatic carbocycles. The molecule has 20 heavy (non-hydrogen) atoms. The summed E-state index contributed by atoms with van der Waals surface area (Å²) in [7, 11) is -3.59. The molecule has 1 aromatic carbocycles. The van der Waals surface area contributed by atoms with E-state index in [4.69, 9.17) is 22.4 Å². The molecular formula is C13H19ClN2O3S. The number of hydrogen-bond donors (Lipinski definition) is 2. The van der Waals surface area contributed by atoms with E-state index in [0.717, 1.165) is 19.3 Å². The smallest absolute Gasteiger partial charge is 0.243 e. The van der Waals surface area contributed by atoms with Crippen LogP contribution in [0, 0.1) is 0 Å². The fourth-order valence-electron chi connectivity index (χ4n) is 2.55. The number of aliphatic hydroxyl groups is 1. The average molecular weight is 319 g/mol. The first-order valence-electron chi connectivity index (χ1n) is 6.64. The third-order valence-corrected chi connectivity index (χ3v) is 5.90. The number of sulfonamides is 1. The number of nitrogen functional groups attached to an aromatic ring is 1. The van der Waals surface area contributed by atoms with Gasteiger partial charge in [0.05, 0.1) is 15.6 Å². The van der Waals surface area contributed by atoms with Crippen LogP contribution in [0.4, 0.5) is 5.69 Å². The summed E-state index contributed by atoms with van der Waals surface area (Å²) in [5.41, 5.74) is 5.94. The lowest BCUT2D eigenvalue weighted by atomic mass is 10.0. The molecule has 1 aromatic rings. The van der Waals surface area contributed by atoms with Gasteiger partial charge in [-0.25, -0.2) is 8.42 Å². The van der Waals surface area contributed by atoms with Crippen LogP contribution >= 0.6 is 11.6 Å². The molecular weight excluding hydrogens is 300 g/mol. The molecule has 1 atom stereocenters. The topological polar surface area (TPSA) is 83.6 Å². The summed E-state index contributed by atoms with van der Waals surface area (Å²) in [5.74, 6) is 0. The molecule has 1 fully saturated rings. The van der Waals surface area contributed by atoms with Gasteiger partial charge < -0.3 is 10.8 Å². The van der Waals surface area contributed by atoms with Crippen LogP contribution in [0.25, 0.3) is 0 Å². The van der Waals surface area contributed by atoms with Gasteiger partial charge in [-0.1, -0.05) is 18.0 Å². The number of benzene rings is 1. The van der Waals surface area contributed by atoms with Crippen LogP contribution in [0.2, 0.25) is 5.02 Å². The highest BCUT2D eigenvalue weighted by molar-refractivity contribution is 7.89. The quantitative estimate of drug-likeness (QED) is 0.830. The zero-order valence-corrected chi connectivity index (χ0v) is 12.7. The predicted octanol–water partition coefficient (Wildman–Crippen LogP) is 1.85. The summed E-state index contributed by atoms with van der Waals surface area (Å²) in [6.07, 6.45) is 3.06. The standard InChI is InChI=1S/C13H19ClN2O3S/c14-12-5-4-11(9-13(12)15)20(18,19)16-7-2-1-3-10(16)6-8-17/h4-5,9-10,17H,1-3,6-8,15H2. The predicted molar refractivity (Wildman–Crippen MR) is 79.1 cm³/mol. The summed E-state index contributed by atoms with van der Waals surface area (Å²) < 4.78 is 26.8. The lowest BCUT2D eigenvalue weighted by Crippen LogP contribution is -2.44. The normalized spacial score (nSPS) is 21.0. The Kier molecular flexibility index (Phi) is 4.90. The molecule has 1 unspecified atom stereocenters. The lowest BCUT2D eigenvalue weighted by Gasteiger charge is -2.34. The van der Waals surface area contributed by atoms with E-state index in [1.807, 2.05) is 0 Å². The highest BCUT2D eigenvalue weighted by Gasteiger charge is 2.33. The van der Waals surface area contributed by atoms with Gasteiger partial charge in [0.15, 0.2) is 0 Å². The Labute approximate surface area is 124 Å². The fourth-order valence-corrected chi connectivity index (χ4v) is 4.42. The molecule has 2 rings (SSSR count). The number of piperidine rings is 1. The molecule has 1 aliphatic heterocycles. The number of rotatable bonds is 4. The highest BCUT2D eigenvalue weighted by atomic mass is 35.5. The van der Waals surface area contributed by atoms with Gasteiger partial charge in [-0.05, 0) is 37.5 Å². The average Bonchev–Trinajstić information content (AvgIpc) is 2.42. The number of halogens is 1. The van der Waals surface area contributed by atoms with Crippen molar-refractivity contribution in [2.75, 3.05) is 18.9 Å². The second-order valence-corrected chi connectivity index (χ2v) is 7.26. The van der Waals surface area contributed by atoms with Crippen LogP contribution in [0.3, 0.4) is 0 Å². The van der Waals surface area contributed by atoms with E-state index in [2.05, 4.69) is 0 Å². The Morgan fingerprint density at radius 1 is 1.40 bits per heavy atom. The van der Waals surface area contributed by atoms with E-state index in [1.165, 1.54) is 22.5 Å². The van der Waals surface area contributed by atoms with E-state index >= 15 is 0 Å². The van der Waals surface area contributed by atoms with Gasteiger partial charge in [0.25, 0.3) is 0 Å². The van der Waals surface area contributed by atoms with Crippen LogP contribution < -0.4 is 5.73 Å². The van der Waals surface area contributed by atoms with Crippen LogP contribution in [0.5, 0.6) is 0 Å². The molecule has 7 heteroatoms. The zero-order chi connectivity index (χ0) is 14.8. The van der Waals surface area contributed by atoms with E-state index < -0.39 is 10.0 Å². The molecule has 112 valence electrons. The molecule has 0 aromatic heterocycles. The molecule has 0 radical (unpaired) electrons. The van der Waals surface area contributed by atoms with Crippen molar-refractivity contribution in [3.05, 3.63) is 23.2 Å². The van der Waals surface area contributed by atoms with Crippen molar-refractivity contribution in [1.29, 1.82) is 0 Å². The molecule has 0 saturated carbocycles. The summed E-state index contributed by atoms with van der Waals surface area (Å²) in [5, 5.41) is 9.44. The van der Waals surface area contributed by atoms with Crippen LogP contribution in [-0.4, -0.2) is 37.0 Å². The van der Waals surface area contributed by atoms with Crippen LogP contribution in [-0.2, 0) is 10.0 Å². The van der Waals surface area contributed by atoms with Gasteiger partial charge in [0.2, 0.25) is 10.0 Å². The minimum atomic E-state index is -3.59. The third kappa shape index (κ3) is 3.09. The third-order valence-electron chi connectivity index (χ3n) is 3.61. The summed E-state index contributed by atoms with van der Waals surface area (Å²) in [6, 6.07) is 4.21. The maximum absolute atomic E-state index is 12.7. The number of aliphatic hydroxyl groups excluding tert-OH is 1. The van der Waals surface area contributed by atoms with Crippen molar-refractivity contribution >= 4 is 27.3 Å². The van der Waals surface area contributed by atoms with Crippen molar-refractivity contribution in [3.8, 4) is 0 Å². The van der Waals surface area contributed by atoms with Crippen molar-refractivity contribution in [1.82, 2.24) is 4.31 Å². The van der Waals surface area contributed by atoms with Crippen molar-refractivity contribution in [2.24, 2.45) is 0 Å². The zero-order valence-electron chi connectivity index (χ0n) is 11.1. The molecule has 1 aliphatic rings. The number of anilines is 1. The minimum absolute atomic E-state index is 0.0144. The summed E-state index contributed by atoms with van der Waals surface area (Å²) >= 11 is 5.83. The Balaban J connectivity index is 2.34. The largest absolute Gasteiger partial charge is 0.397 e. The first-order valence-corrected chi connectivity index (χ1v) is 8.46. The first-order chi connectivity index (χ1) is 9.46. The SMILES string of the molecule is Nc1cc(S(=O)(=O)N2CCCCC2CCO)ccc1Cl. The van der Waals surface area contributed by atoms with E-state index in [1.54, 1.807) is 0 Å². The number of hydrogen-bond acceptors (Lipinski definition) is 4. The molecule has 1 saturated heterocycles. The van der Waals surface area contributed by atoms with E-state index in [-0.39, 0.29) is 23.2 Å². The summed E-state index contributed by atoms with van der Waals surface area (Å²) in [4.78, 5) is 0.157. The van der Waals surface area contributed by atoms with Crippen LogP contribution in [0.1, 0.15) is 25.7 Å². The second kappa shape index (κ2) is 6.30. The first kappa shape index (κ1) is 15.6. The van der Waals surface area contributed by atoms with Gasteiger partial charge >= 0.3 is 0 Å². The van der Waals surface area contributed by atoms with E-state index in [0.29, 0.717) is 18.0 Å². The van der Waals surface area contributed by atoms with E-state index in [9.17, 15) is 8.42 Å². The molecule has 5 nitrogen and oxygen atoms in total. The maximum Gasteiger partial charge on any atom is 0.243 e. The fraction of sp³-hybridized carbons (Fsp3) is 0.538. The molecule has 0 bridgehead atoms. The van der Waals surface area contributed by atoms with Gasteiger partial charge in [0.1, 0.15) is 0 Å². The van der Waals surface area contributed by atoms with Crippen molar-refractivity contribution < 1.29 is 13.5 Å². The lowest BCUT2D eigenvalue weighted by molar-refractivity contribution is 0.192. The Morgan fingerprint density at radius 2 is 2.15 bits per heavy atom. The van der Waals surface area contributed by atoms with Gasteiger partial charge in [-0.2, -0.15) is 4.31 Å².